The lowest BCUT2D eigenvalue weighted by atomic mass is 10.2. The minimum absolute atomic E-state index is 0.693. The number of carboxylic acid groups (broad SMARTS) is 2. The highest BCUT2D eigenvalue weighted by atomic mass is 35.5. The van der Waals surface area contributed by atoms with E-state index in [9.17, 15) is 0 Å². The molecule has 1 aliphatic heterocycles. The molecule has 1 saturated heterocycles. The van der Waals surface area contributed by atoms with Gasteiger partial charge in [-0.2, -0.15) is 0 Å². The summed E-state index contributed by atoms with van der Waals surface area (Å²) < 4.78 is 5.76. The number of halogens is 1. The molecular formula is C16H23ClN2O5. The maximum atomic E-state index is 9.10. The fourth-order valence-electron chi connectivity index (χ4n) is 2.08. The van der Waals surface area contributed by atoms with Crippen molar-refractivity contribution in [2.45, 2.75) is 6.92 Å². The van der Waals surface area contributed by atoms with E-state index in [-0.39, 0.29) is 0 Å². The highest BCUT2D eigenvalue weighted by Crippen LogP contribution is 2.25. The van der Waals surface area contributed by atoms with E-state index in [2.05, 4.69) is 16.8 Å². The third kappa shape index (κ3) is 7.63. The van der Waals surface area contributed by atoms with Gasteiger partial charge in [-0.15, -0.1) is 0 Å². The molecule has 0 amide bonds. The molecule has 0 aliphatic carbocycles. The molecule has 2 N–H and O–H groups in total. The van der Waals surface area contributed by atoms with Crippen LogP contribution in [0.5, 0.6) is 5.75 Å². The fraction of sp³-hybridized carbons (Fsp3) is 0.500. The van der Waals surface area contributed by atoms with Crippen molar-refractivity contribution in [3.05, 3.63) is 28.8 Å². The first-order valence-corrected chi connectivity index (χ1v) is 7.93. The number of aliphatic carboxylic acids is 2. The van der Waals surface area contributed by atoms with Gasteiger partial charge in [-0.05, 0) is 31.7 Å². The van der Waals surface area contributed by atoms with Gasteiger partial charge < -0.3 is 19.8 Å². The zero-order valence-electron chi connectivity index (χ0n) is 13.9. The van der Waals surface area contributed by atoms with Crippen molar-refractivity contribution < 1.29 is 24.5 Å². The molecule has 0 bridgehead atoms. The van der Waals surface area contributed by atoms with Crippen LogP contribution in [-0.2, 0) is 9.59 Å². The van der Waals surface area contributed by atoms with E-state index in [1.807, 2.05) is 25.1 Å². The van der Waals surface area contributed by atoms with Gasteiger partial charge in [0.25, 0.3) is 0 Å². The second kappa shape index (κ2) is 10.1. The number of aryl methyl sites for hydroxylation is 1. The van der Waals surface area contributed by atoms with E-state index in [4.69, 9.17) is 36.1 Å². The Morgan fingerprint density at radius 3 is 2.29 bits per heavy atom. The quantitative estimate of drug-likeness (QED) is 0.787. The third-order valence-corrected chi connectivity index (χ3v) is 3.84. The minimum Gasteiger partial charge on any atom is -0.491 e. The van der Waals surface area contributed by atoms with E-state index >= 15 is 0 Å². The summed E-state index contributed by atoms with van der Waals surface area (Å²) in [5.41, 5.74) is 1.17. The van der Waals surface area contributed by atoms with E-state index in [1.165, 1.54) is 5.56 Å². The van der Waals surface area contributed by atoms with Crippen LogP contribution < -0.4 is 4.74 Å². The first-order valence-electron chi connectivity index (χ1n) is 7.55. The van der Waals surface area contributed by atoms with Crippen LogP contribution in [-0.4, -0.2) is 78.3 Å². The SMILES string of the molecule is Cc1ccc(Cl)c(OCCN2CCN(C)CC2)c1.O=C(O)C(=O)O. The first-order chi connectivity index (χ1) is 11.3. The number of piperazine rings is 1. The molecule has 8 heteroatoms. The molecule has 1 aromatic carbocycles. The lowest BCUT2D eigenvalue weighted by Gasteiger charge is -2.32. The van der Waals surface area contributed by atoms with Crippen LogP contribution in [0.1, 0.15) is 5.56 Å². The van der Waals surface area contributed by atoms with E-state index in [1.54, 1.807) is 0 Å². The topological polar surface area (TPSA) is 90.3 Å². The number of nitrogens with zero attached hydrogens (tertiary/aromatic N) is 2. The molecule has 0 unspecified atom stereocenters. The van der Waals surface area contributed by atoms with Gasteiger partial charge in [0, 0.05) is 32.7 Å². The van der Waals surface area contributed by atoms with Gasteiger partial charge in [0.2, 0.25) is 0 Å². The standard InChI is InChI=1S/C14H21ClN2O.C2H2O4/c1-12-3-4-13(15)14(11-12)18-10-9-17-7-5-16(2)6-8-17;3-1(4)2(5)6/h3-4,11H,5-10H2,1-2H3;(H,3,4)(H,5,6). The van der Waals surface area contributed by atoms with Crippen molar-refractivity contribution in [1.82, 2.24) is 9.80 Å². The zero-order chi connectivity index (χ0) is 18.1. The van der Waals surface area contributed by atoms with Crippen molar-refractivity contribution >= 4 is 23.5 Å². The van der Waals surface area contributed by atoms with Crippen molar-refractivity contribution in [3.8, 4) is 5.75 Å². The number of benzene rings is 1. The van der Waals surface area contributed by atoms with Gasteiger partial charge in [-0.25, -0.2) is 9.59 Å². The summed E-state index contributed by atoms with van der Waals surface area (Å²) in [5.74, 6) is -2.85. The van der Waals surface area contributed by atoms with Crippen molar-refractivity contribution in [1.29, 1.82) is 0 Å². The van der Waals surface area contributed by atoms with Gasteiger partial charge >= 0.3 is 11.9 Å². The summed E-state index contributed by atoms with van der Waals surface area (Å²) in [6.45, 7) is 8.26. The third-order valence-electron chi connectivity index (χ3n) is 3.53. The van der Waals surface area contributed by atoms with E-state index in [0.717, 1.165) is 38.5 Å². The van der Waals surface area contributed by atoms with Crippen LogP contribution in [0.15, 0.2) is 18.2 Å². The molecule has 1 aliphatic rings. The van der Waals surface area contributed by atoms with Crippen LogP contribution in [0.3, 0.4) is 0 Å². The maximum absolute atomic E-state index is 9.10. The predicted octanol–water partition coefficient (Wildman–Crippen LogP) is 1.43. The Bertz CT molecular complexity index is 547. The molecule has 0 spiro atoms. The van der Waals surface area contributed by atoms with Gasteiger partial charge in [0.1, 0.15) is 12.4 Å². The normalized spacial score (nSPS) is 15.3. The number of hydrogen-bond donors (Lipinski definition) is 2. The highest BCUT2D eigenvalue weighted by molar-refractivity contribution is 6.32. The summed E-state index contributed by atoms with van der Waals surface area (Å²) in [4.78, 5) is 23.0. The summed E-state index contributed by atoms with van der Waals surface area (Å²) in [5, 5.41) is 15.5. The van der Waals surface area contributed by atoms with Crippen molar-refractivity contribution in [2.24, 2.45) is 0 Å². The molecule has 0 radical (unpaired) electrons. The number of hydrogen-bond acceptors (Lipinski definition) is 5. The van der Waals surface area contributed by atoms with Crippen LogP contribution in [0.2, 0.25) is 5.02 Å². The Hall–Kier alpha value is -1.83. The highest BCUT2D eigenvalue weighted by Gasteiger charge is 2.13. The Kier molecular flexibility index (Phi) is 8.53. The summed E-state index contributed by atoms with van der Waals surface area (Å²) in [6, 6.07) is 5.88. The van der Waals surface area contributed by atoms with E-state index in [0.29, 0.717) is 11.6 Å². The number of carboxylic acids is 2. The van der Waals surface area contributed by atoms with Gasteiger partial charge in [0.15, 0.2) is 0 Å². The molecule has 0 saturated carbocycles. The molecular weight excluding hydrogens is 336 g/mol. The van der Waals surface area contributed by atoms with Crippen molar-refractivity contribution in [2.75, 3.05) is 46.4 Å². The number of likely N-dealkylation sites (N-methyl/N-ethyl adjacent to an activating group) is 1. The largest absolute Gasteiger partial charge is 0.491 e. The number of carbonyl (C=O) groups is 2. The van der Waals surface area contributed by atoms with E-state index < -0.39 is 11.9 Å². The Morgan fingerprint density at radius 2 is 1.75 bits per heavy atom. The predicted molar refractivity (Wildman–Crippen MR) is 90.9 cm³/mol. The number of ether oxygens (including phenoxy) is 1. The molecule has 1 heterocycles. The molecule has 0 aromatic heterocycles. The molecule has 1 fully saturated rings. The van der Waals surface area contributed by atoms with Crippen molar-refractivity contribution in [3.63, 3.8) is 0 Å². The fourth-order valence-corrected chi connectivity index (χ4v) is 2.25. The summed E-state index contributed by atoms with van der Waals surface area (Å²) in [6.07, 6.45) is 0. The molecule has 134 valence electrons. The zero-order valence-corrected chi connectivity index (χ0v) is 14.6. The van der Waals surface area contributed by atoms with Crippen LogP contribution in [0.25, 0.3) is 0 Å². The number of rotatable bonds is 4. The lowest BCUT2D eigenvalue weighted by Crippen LogP contribution is -2.45. The summed E-state index contributed by atoms with van der Waals surface area (Å²) in [7, 11) is 2.17. The molecule has 7 nitrogen and oxygen atoms in total. The molecule has 24 heavy (non-hydrogen) atoms. The van der Waals surface area contributed by atoms with Crippen LogP contribution in [0, 0.1) is 6.92 Å². The van der Waals surface area contributed by atoms with Gasteiger partial charge in [-0.1, -0.05) is 17.7 Å². The minimum atomic E-state index is -1.82. The molecule has 0 atom stereocenters. The Morgan fingerprint density at radius 1 is 1.17 bits per heavy atom. The monoisotopic (exact) mass is 358 g/mol. The maximum Gasteiger partial charge on any atom is 0.414 e. The van der Waals surface area contributed by atoms with Gasteiger partial charge in [0.05, 0.1) is 5.02 Å². The van der Waals surface area contributed by atoms with Crippen LogP contribution in [0.4, 0.5) is 0 Å². The van der Waals surface area contributed by atoms with Gasteiger partial charge in [-0.3, -0.25) is 4.90 Å². The lowest BCUT2D eigenvalue weighted by molar-refractivity contribution is -0.159. The molecule has 2 rings (SSSR count). The second-order valence-corrected chi connectivity index (χ2v) is 5.94. The average Bonchev–Trinajstić information content (AvgIpc) is 2.53. The average molecular weight is 359 g/mol. The Balaban J connectivity index is 0.000000413. The smallest absolute Gasteiger partial charge is 0.414 e. The second-order valence-electron chi connectivity index (χ2n) is 5.54. The molecule has 1 aromatic rings. The van der Waals surface area contributed by atoms with Crippen LogP contribution >= 0.6 is 11.6 Å². The summed E-state index contributed by atoms with van der Waals surface area (Å²) >= 11 is 6.09. The Labute approximate surface area is 146 Å². The first kappa shape index (κ1) is 20.2.